The number of rotatable bonds is 4. The average Bonchev–Trinajstić information content (AvgIpc) is 2.87. The first kappa shape index (κ1) is 18.4. The smallest absolute Gasteiger partial charge is 0.263 e. The van der Waals surface area contributed by atoms with Gasteiger partial charge in [0.2, 0.25) is 0 Å². The highest BCUT2D eigenvalue weighted by Crippen LogP contribution is 2.26. The lowest BCUT2D eigenvalue weighted by Crippen LogP contribution is -2.36. The number of thiazole rings is 1. The van der Waals surface area contributed by atoms with Crippen molar-refractivity contribution >= 4 is 17.2 Å². The molecule has 0 saturated heterocycles. The van der Waals surface area contributed by atoms with Crippen LogP contribution in [-0.4, -0.2) is 27.4 Å². The predicted octanol–water partition coefficient (Wildman–Crippen LogP) is 3.16. The lowest BCUT2D eigenvalue weighted by molar-refractivity contribution is 0.0737. The summed E-state index contributed by atoms with van der Waals surface area (Å²) in [6, 6.07) is 1.53. The molecule has 2 heterocycles. The number of pyridine rings is 1. The summed E-state index contributed by atoms with van der Waals surface area (Å²) in [6.07, 6.45) is 0.760. The van der Waals surface area contributed by atoms with Gasteiger partial charge in [-0.05, 0) is 45.7 Å². The molecule has 2 aromatic heterocycles. The van der Waals surface area contributed by atoms with Crippen molar-refractivity contribution in [3.63, 3.8) is 0 Å². The molecule has 0 aliphatic rings. The summed E-state index contributed by atoms with van der Waals surface area (Å²) in [6.45, 7) is 9.85. The van der Waals surface area contributed by atoms with Gasteiger partial charge in [-0.25, -0.2) is 4.98 Å². The van der Waals surface area contributed by atoms with Crippen molar-refractivity contribution in [2.75, 3.05) is 7.05 Å². The molecule has 0 aliphatic heterocycles. The number of carbonyl (C=O) groups excluding carboxylic acids is 1. The van der Waals surface area contributed by atoms with Gasteiger partial charge in [0.1, 0.15) is 5.56 Å². The molecule has 0 spiro atoms. The highest BCUT2D eigenvalue weighted by atomic mass is 32.1. The maximum absolute atomic E-state index is 12.9. The lowest BCUT2D eigenvalue weighted by Gasteiger charge is -2.25. The summed E-state index contributed by atoms with van der Waals surface area (Å²) in [5.41, 5.74) is 2.79. The van der Waals surface area contributed by atoms with E-state index in [0.29, 0.717) is 0 Å². The minimum absolute atomic E-state index is 0.182. The number of hydrogen-bond acceptors (Lipinski definition) is 4. The van der Waals surface area contributed by atoms with Gasteiger partial charge in [0.25, 0.3) is 11.5 Å². The van der Waals surface area contributed by atoms with E-state index in [1.54, 1.807) is 41.0 Å². The van der Waals surface area contributed by atoms with Crippen LogP contribution in [0.1, 0.15) is 57.1 Å². The van der Waals surface area contributed by atoms with Crippen LogP contribution in [-0.2, 0) is 13.5 Å². The maximum atomic E-state index is 12.9. The Hall–Kier alpha value is -1.95. The monoisotopic (exact) mass is 347 g/mol. The Morgan fingerprint density at radius 3 is 2.50 bits per heavy atom. The van der Waals surface area contributed by atoms with Gasteiger partial charge in [-0.2, -0.15) is 0 Å². The Labute approximate surface area is 147 Å². The fourth-order valence-corrected chi connectivity index (χ4v) is 3.99. The topological polar surface area (TPSA) is 55.2 Å². The molecule has 24 heavy (non-hydrogen) atoms. The molecule has 0 saturated carbocycles. The van der Waals surface area contributed by atoms with Crippen LogP contribution in [0.15, 0.2) is 10.9 Å². The zero-order chi connectivity index (χ0) is 18.2. The van der Waals surface area contributed by atoms with Crippen LogP contribution in [0.2, 0.25) is 0 Å². The number of carbonyl (C=O) groups is 1. The molecule has 1 atom stereocenters. The van der Waals surface area contributed by atoms with Gasteiger partial charge in [-0.1, -0.05) is 6.92 Å². The van der Waals surface area contributed by atoms with E-state index in [4.69, 9.17) is 0 Å². The van der Waals surface area contributed by atoms with Gasteiger partial charge >= 0.3 is 0 Å². The van der Waals surface area contributed by atoms with E-state index in [0.717, 1.165) is 33.3 Å². The van der Waals surface area contributed by atoms with Crippen LogP contribution in [0, 0.1) is 20.8 Å². The average molecular weight is 347 g/mol. The Kier molecular flexibility index (Phi) is 5.28. The summed E-state index contributed by atoms with van der Waals surface area (Å²) in [4.78, 5) is 32.7. The zero-order valence-electron chi connectivity index (χ0n) is 15.4. The van der Waals surface area contributed by atoms with Gasteiger partial charge in [0, 0.05) is 24.7 Å². The SMILES string of the molecule is CCc1c(C)cc(C(=O)N(C)[C@@H](C)c2nc(C)sc2C)c(=O)n1C. The molecule has 2 rings (SSSR count). The molecule has 1 amide bonds. The number of aromatic nitrogens is 2. The third-order valence-electron chi connectivity index (χ3n) is 4.56. The first-order valence-electron chi connectivity index (χ1n) is 8.09. The van der Waals surface area contributed by atoms with E-state index in [2.05, 4.69) is 4.98 Å². The quantitative estimate of drug-likeness (QED) is 0.854. The second-order valence-corrected chi connectivity index (χ2v) is 7.58. The molecule has 130 valence electrons. The Morgan fingerprint density at radius 1 is 1.38 bits per heavy atom. The third kappa shape index (κ3) is 3.15. The van der Waals surface area contributed by atoms with E-state index >= 15 is 0 Å². The summed E-state index contributed by atoms with van der Waals surface area (Å²) in [7, 11) is 3.45. The molecular formula is C18H25N3O2S. The van der Waals surface area contributed by atoms with Crippen molar-refractivity contribution in [3.05, 3.63) is 48.8 Å². The van der Waals surface area contributed by atoms with Crippen LogP contribution >= 0.6 is 11.3 Å². The molecule has 2 aromatic rings. The normalized spacial score (nSPS) is 12.3. The number of amides is 1. The molecule has 0 aliphatic carbocycles. The molecular weight excluding hydrogens is 322 g/mol. The van der Waals surface area contributed by atoms with E-state index in [9.17, 15) is 9.59 Å². The van der Waals surface area contributed by atoms with Crippen LogP contribution < -0.4 is 5.56 Å². The van der Waals surface area contributed by atoms with Crippen molar-refractivity contribution in [2.24, 2.45) is 7.05 Å². The summed E-state index contributed by atoms with van der Waals surface area (Å²) >= 11 is 1.62. The molecule has 5 nitrogen and oxygen atoms in total. The van der Waals surface area contributed by atoms with E-state index < -0.39 is 0 Å². The van der Waals surface area contributed by atoms with Crippen LogP contribution in [0.5, 0.6) is 0 Å². The molecule has 0 fully saturated rings. The number of nitrogens with zero attached hydrogens (tertiary/aromatic N) is 3. The van der Waals surface area contributed by atoms with Gasteiger partial charge < -0.3 is 9.47 Å². The highest BCUT2D eigenvalue weighted by molar-refractivity contribution is 7.11. The van der Waals surface area contributed by atoms with Crippen molar-refractivity contribution < 1.29 is 4.79 Å². The zero-order valence-corrected chi connectivity index (χ0v) is 16.2. The standard InChI is InChI=1S/C18H25N3O2S/c1-8-15-10(2)9-14(18(23)21(15)7)17(22)20(6)11(3)16-12(4)24-13(5)19-16/h9,11H,8H2,1-7H3/t11-/m0/s1. The summed E-state index contributed by atoms with van der Waals surface area (Å²) < 4.78 is 1.58. The van der Waals surface area contributed by atoms with Gasteiger partial charge in [-0.15, -0.1) is 11.3 Å². The summed E-state index contributed by atoms with van der Waals surface area (Å²) in [5.74, 6) is -0.265. The van der Waals surface area contributed by atoms with Crippen molar-refractivity contribution in [1.82, 2.24) is 14.5 Å². The third-order valence-corrected chi connectivity index (χ3v) is 5.46. The van der Waals surface area contributed by atoms with Crippen molar-refractivity contribution in [1.29, 1.82) is 0 Å². The van der Waals surface area contributed by atoms with Crippen LogP contribution in [0.4, 0.5) is 0 Å². The van der Waals surface area contributed by atoms with E-state index in [-0.39, 0.29) is 23.1 Å². The minimum Gasteiger partial charge on any atom is -0.333 e. The van der Waals surface area contributed by atoms with Crippen LogP contribution in [0.25, 0.3) is 0 Å². The minimum atomic E-state index is -0.265. The van der Waals surface area contributed by atoms with Crippen molar-refractivity contribution in [3.8, 4) is 0 Å². The summed E-state index contributed by atoms with van der Waals surface area (Å²) in [5, 5.41) is 0.981. The van der Waals surface area contributed by atoms with E-state index in [1.165, 1.54) is 0 Å². The molecule has 0 bridgehead atoms. The molecule has 6 heteroatoms. The highest BCUT2D eigenvalue weighted by Gasteiger charge is 2.25. The fraction of sp³-hybridized carbons (Fsp3) is 0.500. The van der Waals surface area contributed by atoms with Crippen LogP contribution in [0.3, 0.4) is 0 Å². The predicted molar refractivity (Wildman–Crippen MR) is 97.9 cm³/mol. The Balaban J connectivity index is 2.42. The maximum Gasteiger partial charge on any atom is 0.263 e. The molecule has 0 radical (unpaired) electrons. The van der Waals surface area contributed by atoms with Crippen molar-refractivity contribution in [2.45, 2.75) is 47.1 Å². The first-order valence-corrected chi connectivity index (χ1v) is 8.91. The van der Waals surface area contributed by atoms with Gasteiger partial charge in [0.05, 0.1) is 16.7 Å². The number of hydrogen-bond donors (Lipinski definition) is 0. The fourth-order valence-electron chi connectivity index (χ4n) is 3.08. The largest absolute Gasteiger partial charge is 0.333 e. The Morgan fingerprint density at radius 2 is 2.00 bits per heavy atom. The second kappa shape index (κ2) is 6.89. The molecule has 0 unspecified atom stereocenters. The van der Waals surface area contributed by atoms with E-state index in [1.807, 2.05) is 34.6 Å². The molecule has 0 N–H and O–H groups in total. The van der Waals surface area contributed by atoms with Gasteiger partial charge in [-0.3, -0.25) is 9.59 Å². The first-order chi connectivity index (χ1) is 11.2. The molecule has 0 aromatic carbocycles. The lowest BCUT2D eigenvalue weighted by atomic mass is 10.1. The Bertz CT molecular complexity index is 836. The van der Waals surface area contributed by atoms with Gasteiger partial charge in [0.15, 0.2) is 0 Å². The second-order valence-electron chi connectivity index (χ2n) is 6.17. The number of aryl methyl sites for hydroxylation is 3.